The second kappa shape index (κ2) is 13.4. The summed E-state index contributed by atoms with van der Waals surface area (Å²) < 4.78 is 55.5. The molecular weight excluding hydrogens is 656 g/mol. The molecule has 1 saturated carbocycles. The molecule has 0 bridgehead atoms. The van der Waals surface area contributed by atoms with Crippen molar-refractivity contribution in [1.29, 1.82) is 0 Å². The van der Waals surface area contributed by atoms with Gasteiger partial charge in [0.2, 0.25) is 5.95 Å². The molecule has 7 rings (SSSR count). The Morgan fingerprint density at radius 2 is 1.92 bits per heavy atom. The molecule has 3 fully saturated rings. The van der Waals surface area contributed by atoms with Gasteiger partial charge in [-0.3, -0.25) is 13.9 Å². The lowest BCUT2D eigenvalue weighted by molar-refractivity contribution is -0.152. The van der Waals surface area contributed by atoms with E-state index in [0.717, 1.165) is 57.0 Å². The van der Waals surface area contributed by atoms with Crippen LogP contribution in [0, 0.1) is 0 Å². The number of halogens is 1. The second-order valence-corrected chi connectivity index (χ2v) is 14.8. The van der Waals surface area contributed by atoms with Crippen molar-refractivity contribution >= 4 is 47.4 Å². The summed E-state index contributed by atoms with van der Waals surface area (Å²) in [4.78, 5) is 28.2. The lowest BCUT2D eigenvalue weighted by Gasteiger charge is -2.32. The third-order valence-electron chi connectivity index (χ3n) is 9.43. The SMILES string of the molecule is CC(NP(=O)(OC[C@H]1OC(n2cnc3c(N4CCC4)nc(N)nc32)[C@](C)(O)[C@@H]1F)Oc1cccc2ccccc12)C(=O)OC1CCCCC1. The van der Waals surface area contributed by atoms with E-state index < -0.39 is 50.5 Å². The Morgan fingerprint density at radius 3 is 2.67 bits per heavy atom. The topological polar surface area (TPSA) is 176 Å². The Labute approximate surface area is 282 Å². The summed E-state index contributed by atoms with van der Waals surface area (Å²) in [6.07, 6.45) is 2.05. The van der Waals surface area contributed by atoms with Crippen LogP contribution in [-0.2, 0) is 23.4 Å². The summed E-state index contributed by atoms with van der Waals surface area (Å²) in [5.41, 5.74) is 4.65. The number of nitrogens with zero attached hydrogens (tertiary/aromatic N) is 5. The minimum Gasteiger partial charge on any atom is -0.461 e. The van der Waals surface area contributed by atoms with Gasteiger partial charge >= 0.3 is 13.7 Å². The van der Waals surface area contributed by atoms with Gasteiger partial charge in [0.1, 0.15) is 29.6 Å². The first-order chi connectivity index (χ1) is 23.5. The summed E-state index contributed by atoms with van der Waals surface area (Å²) in [6.45, 7) is 3.77. The zero-order valence-corrected chi connectivity index (χ0v) is 28.3. The number of nitrogens with two attached hydrogens (primary N) is 1. The molecule has 14 nitrogen and oxygen atoms in total. The number of nitrogens with one attached hydrogen (secondary N) is 1. The number of hydrogen-bond donors (Lipinski definition) is 3. The fraction of sp³-hybridized carbons (Fsp3) is 0.515. The normalized spacial score (nSPS) is 26.4. The summed E-state index contributed by atoms with van der Waals surface area (Å²) in [7, 11) is -4.41. The van der Waals surface area contributed by atoms with Crippen LogP contribution in [0.5, 0.6) is 5.75 Å². The number of aromatic nitrogens is 4. The quantitative estimate of drug-likeness (QED) is 0.144. The molecule has 0 radical (unpaired) electrons. The number of alkyl halides is 1. The van der Waals surface area contributed by atoms with Crippen molar-refractivity contribution in [3.8, 4) is 5.75 Å². The van der Waals surface area contributed by atoms with Crippen molar-refractivity contribution in [3.05, 3.63) is 48.8 Å². The van der Waals surface area contributed by atoms with Crippen molar-refractivity contribution in [2.24, 2.45) is 0 Å². The maximum Gasteiger partial charge on any atom is 0.459 e. The molecule has 262 valence electrons. The van der Waals surface area contributed by atoms with Crippen molar-refractivity contribution in [2.75, 3.05) is 30.3 Å². The molecule has 16 heteroatoms. The lowest BCUT2D eigenvalue weighted by Crippen LogP contribution is -2.42. The Kier molecular flexibility index (Phi) is 9.22. The molecule has 0 amide bonds. The highest BCUT2D eigenvalue weighted by Gasteiger charge is 2.55. The zero-order valence-electron chi connectivity index (χ0n) is 27.4. The van der Waals surface area contributed by atoms with Gasteiger partial charge in [0.25, 0.3) is 0 Å². The van der Waals surface area contributed by atoms with Crippen LogP contribution >= 0.6 is 7.75 Å². The number of carbonyl (C=O) groups excluding carboxylic acids is 1. The molecule has 2 saturated heterocycles. The van der Waals surface area contributed by atoms with Crippen molar-refractivity contribution in [1.82, 2.24) is 24.6 Å². The van der Waals surface area contributed by atoms with E-state index in [-0.39, 0.29) is 23.4 Å². The largest absolute Gasteiger partial charge is 0.461 e. The van der Waals surface area contributed by atoms with Crippen LogP contribution in [-0.4, -0.2) is 80.3 Å². The average molecular weight is 698 g/mol. The minimum atomic E-state index is -4.41. The molecule has 2 aliphatic heterocycles. The van der Waals surface area contributed by atoms with Gasteiger partial charge in [0, 0.05) is 18.5 Å². The Hall–Kier alpha value is -3.88. The number of benzene rings is 2. The van der Waals surface area contributed by atoms with E-state index in [1.807, 2.05) is 29.2 Å². The number of nitrogen functional groups attached to an aromatic ring is 1. The molecule has 4 N–H and O–H groups in total. The highest BCUT2D eigenvalue weighted by molar-refractivity contribution is 7.52. The highest BCUT2D eigenvalue weighted by atomic mass is 31.2. The first-order valence-electron chi connectivity index (χ1n) is 16.7. The molecule has 4 heterocycles. The number of carbonyl (C=O) groups is 1. The van der Waals surface area contributed by atoms with Crippen molar-refractivity contribution in [2.45, 2.75) is 88.6 Å². The third kappa shape index (κ3) is 6.70. The first kappa shape index (κ1) is 33.6. The molecular formula is C33H41FN7O7P. The number of ether oxygens (including phenoxy) is 2. The molecule has 3 unspecified atom stereocenters. The van der Waals surface area contributed by atoms with Gasteiger partial charge < -0.3 is 29.7 Å². The Morgan fingerprint density at radius 1 is 1.16 bits per heavy atom. The van der Waals surface area contributed by atoms with Crippen LogP contribution in [0.15, 0.2) is 48.8 Å². The van der Waals surface area contributed by atoms with Gasteiger partial charge in [-0.1, -0.05) is 42.8 Å². The van der Waals surface area contributed by atoms with Crippen LogP contribution in [0.2, 0.25) is 0 Å². The summed E-state index contributed by atoms with van der Waals surface area (Å²) in [6, 6.07) is 11.5. The number of anilines is 2. The average Bonchev–Trinajstić information content (AvgIpc) is 3.56. The molecule has 4 aromatic rings. The fourth-order valence-electron chi connectivity index (χ4n) is 6.60. The van der Waals surface area contributed by atoms with Crippen LogP contribution in [0.25, 0.3) is 21.9 Å². The summed E-state index contributed by atoms with van der Waals surface area (Å²) in [5, 5.41) is 15.6. The predicted molar refractivity (Wildman–Crippen MR) is 180 cm³/mol. The van der Waals surface area contributed by atoms with Gasteiger partial charge in [-0.05, 0) is 57.4 Å². The van der Waals surface area contributed by atoms with Crippen LogP contribution in [0.1, 0.15) is 58.6 Å². The standard InChI is InChI=1S/C33H41FN7O7P/c1-20(30(42)46-22-12-4-3-5-13-22)39-49(44,48-24-15-8-11-21-10-6-7-14-23(21)24)45-18-25-27(34)33(2,43)31(47-25)41-19-36-26-28(40-16-9-17-40)37-32(35)38-29(26)41/h6-8,10-11,14-15,19-20,22,25,27,31,43H,3-5,9,12-13,16-18H2,1-2H3,(H,39,44)(H2,35,37,38)/t20?,25-,27-,31?,33-,49?/m1/s1. The number of imidazole rings is 1. The van der Waals surface area contributed by atoms with E-state index in [9.17, 15) is 14.5 Å². The monoisotopic (exact) mass is 697 g/mol. The molecule has 49 heavy (non-hydrogen) atoms. The minimum absolute atomic E-state index is 0.000738. The van der Waals surface area contributed by atoms with Gasteiger partial charge in [-0.2, -0.15) is 15.1 Å². The first-order valence-corrected chi connectivity index (χ1v) is 18.2. The van der Waals surface area contributed by atoms with Gasteiger partial charge in [0.05, 0.1) is 12.9 Å². The van der Waals surface area contributed by atoms with Crippen LogP contribution in [0.3, 0.4) is 0 Å². The molecule has 6 atom stereocenters. The van der Waals surface area contributed by atoms with Crippen LogP contribution in [0.4, 0.5) is 16.2 Å². The molecule has 2 aromatic carbocycles. The predicted octanol–water partition coefficient (Wildman–Crippen LogP) is 4.82. The van der Waals surface area contributed by atoms with Gasteiger partial charge in [-0.25, -0.2) is 13.9 Å². The molecule has 2 aromatic heterocycles. The molecule has 3 aliphatic rings. The van der Waals surface area contributed by atoms with E-state index in [1.54, 1.807) is 18.2 Å². The molecule has 1 aliphatic carbocycles. The van der Waals surface area contributed by atoms with E-state index in [0.29, 0.717) is 16.7 Å². The number of aliphatic hydroxyl groups is 1. The van der Waals surface area contributed by atoms with Gasteiger partial charge in [-0.15, -0.1) is 0 Å². The van der Waals surface area contributed by atoms with Crippen LogP contribution < -0.4 is 20.2 Å². The van der Waals surface area contributed by atoms with E-state index in [2.05, 4.69) is 20.0 Å². The smallest absolute Gasteiger partial charge is 0.459 e. The maximum atomic E-state index is 16.0. The third-order valence-corrected chi connectivity index (χ3v) is 11.1. The van der Waals surface area contributed by atoms with E-state index >= 15 is 4.39 Å². The fourth-order valence-corrected chi connectivity index (χ4v) is 8.12. The van der Waals surface area contributed by atoms with Crippen molar-refractivity contribution < 1.29 is 37.4 Å². The van der Waals surface area contributed by atoms with Crippen molar-refractivity contribution in [3.63, 3.8) is 0 Å². The Bertz CT molecular complexity index is 1880. The summed E-state index contributed by atoms with van der Waals surface area (Å²) in [5.74, 6) is 0.178. The lowest BCUT2D eigenvalue weighted by atomic mass is 9.98. The Balaban J connectivity index is 1.13. The summed E-state index contributed by atoms with van der Waals surface area (Å²) >= 11 is 0. The molecule has 0 spiro atoms. The number of hydrogen-bond acceptors (Lipinski definition) is 12. The number of rotatable bonds is 11. The van der Waals surface area contributed by atoms with E-state index in [4.69, 9.17) is 24.3 Å². The highest BCUT2D eigenvalue weighted by Crippen LogP contribution is 2.49. The number of fused-ring (bicyclic) bond motifs is 2. The second-order valence-electron chi connectivity index (χ2n) is 13.1. The van der Waals surface area contributed by atoms with E-state index in [1.165, 1.54) is 24.7 Å². The van der Waals surface area contributed by atoms with Gasteiger partial charge in [0.15, 0.2) is 29.4 Å². The number of esters is 1. The zero-order chi connectivity index (χ0) is 34.3. The maximum absolute atomic E-state index is 16.0.